The minimum absolute atomic E-state index is 0.278. The van der Waals surface area contributed by atoms with Gasteiger partial charge in [0.05, 0.1) is 16.1 Å². The number of nitrogens with zero attached hydrogens (tertiary/aromatic N) is 1. The minimum atomic E-state index is -3.66. The predicted octanol–water partition coefficient (Wildman–Crippen LogP) is 9.06. The lowest BCUT2D eigenvalue weighted by Crippen LogP contribution is -2.13. The molecule has 3 aromatic rings. The molecule has 0 unspecified atom stereocenters. The van der Waals surface area contributed by atoms with E-state index in [1.54, 1.807) is 24.4 Å². The number of fused-ring (bicyclic) bond motifs is 1. The fraction of sp³-hybridized carbons (Fsp3) is 0.516. The van der Waals surface area contributed by atoms with Crippen LogP contribution in [0.15, 0.2) is 65.7 Å². The Morgan fingerprint density at radius 1 is 0.667 bits per heavy atom. The van der Waals surface area contributed by atoms with Crippen LogP contribution in [0.5, 0.6) is 0 Å². The van der Waals surface area contributed by atoms with Gasteiger partial charge in [-0.25, -0.2) is 8.42 Å². The van der Waals surface area contributed by atoms with Crippen molar-refractivity contribution in [3.05, 3.63) is 66.4 Å². The van der Waals surface area contributed by atoms with Crippen LogP contribution in [0.3, 0.4) is 0 Å². The number of nitrogens with one attached hydrogen (secondary N) is 1. The number of hydrogen-bond acceptors (Lipinski definition) is 3. The fourth-order valence-corrected chi connectivity index (χ4v) is 5.82. The van der Waals surface area contributed by atoms with Gasteiger partial charge in [-0.1, -0.05) is 121 Å². The lowest BCUT2D eigenvalue weighted by molar-refractivity contribution is 0.535. The van der Waals surface area contributed by atoms with Crippen molar-refractivity contribution in [2.75, 3.05) is 4.72 Å². The van der Waals surface area contributed by atoms with Gasteiger partial charge in [0, 0.05) is 11.6 Å². The van der Waals surface area contributed by atoms with Gasteiger partial charge < -0.3 is 0 Å². The number of rotatable bonds is 18. The van der Waals surface area contributed by atoms with E-state index in [0.29, 0.717) is 11.2 Å². The van der Waals surface area contributed by atoms with E-state index in [0.717, 1.165) is 18.2 Å². The summed E-state index contributed by atoms with van der Waals surface area (Å²) >= 11 is 0. The van der Waals surface area contributed by atoms with Crippen molar-refractivity contribution in [1.82, 2.24) is 4.98 Å². The van der Waals surface area contributed by atoms with Crippen LogP contribution in [-0.4, -0.2) is 13.4 Å². The molecule has 0 amide bonds. The highest BCUT2D eigenvalue weighted by atomic mass is 32.2. The van der Waals surface area contributed by atoms with Crippen molar-refractivity contribution >= 4 is 26.6 Å². The molecule has 0 bridgehead atoms. The fourth-order valence-electron chi connectivity index (χ4n) is 4.75. The minimum Gasteiger partial charge on any atom is -0.277 e. The van der Waals surface area contributed by atoms with E-state index in [2.05, 4.69) is 16.6 Å². The zero-order valence-electron chi connectivity index (χ0n) is 22.1. The molecule has 0 fully saturated rings. The number of aryl methyl sites for hydroxylation is 1. The molecule has 0 saturated heterocycles. The molecule has 1 heterocycles. The normalized spacial score (nSPS) is 11.7. The maximum atomic E-state index is 12.9. The number of hydrogen-bond donors (Lipinski definition) is 1. The summed E-state index contributed by atoms with van der Waals surface area (Å²) in [6.07, 6.45) is 21.7. The lowest BCUT2D eigenvalue weighted by Gasteiger charge is -2.11. The van der Waals surface area contributed by atoms with Gasteiger partial charge in [0.2, 0.25) is 0 Å². The molecule has 0 aliphatic carbocycles. The van der Waals surface area contributed by atoms with Crippen molar-refractivity contribution in [3.8, 4) is 0 Å². The van der Waals surface area contributed by atoms with Crippen LogP contribution in [0.1, 0.15) is 102 Å². The number of unbranched alkanes of at least 4 members (excludes halogenated alkanes) is 13. The van der Waals surface area contributed by atoms with E-state index in [1.165, 1.54) is 89.0 Å². The Morgan fingerprint density at radius 3 is 1.83 bits per heavy atom. The van der Waals surface area contributed by atoms with Gasteiger partial charge in [-0.15, -0.1) is 0 Å². The van der Waals surface area contributed by atoms with Gasteiger partial charge in [0.15, 0.2) is 0 Å². The molecule has 4 nitrogen and oxygen atoms in total. The second-order valence-corrected chi connectivity index (χ2v) is 11.7. The smallest absolute Gasteiger partial charge is 0.261 e. The van der Waals surface area contributed by atoms with Crippen molar-refractivity contribution < 1.29 is 8.42 Å². The Morgan fingerprint density at radius 2 is 1.22 bits per heavy atom. The first-order valence-corrected chi connectivity index (χ1v) is 15.5. The summed E-state index contributed by atoms with van der Waals surface area (Å²) in [6, 6.07) is 16.6. The Kier molecular flexibility index (Phi) is 12.3. The SMILES string of the molecule is CCCCCCCCCCCCCCCCc1ccc(S(=O)(=O)Nc2cccc3cccnc23)cc1. The van der Waals surface area contributed by atoms with Gasteiger partial charge in [-0.3, -0.25) is 9.71 Å². The number of para-hydroxylation sites is 1. The van der Waals surface area contributed by atoms with E-state index in [9.17, 15) is 8.42 Å². The zero-order valence-corrected chi connectivity index (χ0v) is 22.9. The number of pyridine rings is 1. The monoisotopic (exact) mass is 508 g/mol. The Labute approximate surface area is 219 Å². The molecule has 0 atom stereocenters. The second kappa shape index (κ2) is 15.7. The first-order valence-electron chi connectivity index (χ1n) is 14.1. The average molecular weight is 509 g/mol. The number of sulfonamides is 1. The molecular formula is C31H44N2O2S. The summed E-state index contributed by atoms with van der Waals surface area (Å²) in [7, 11) is -3.66. The van der Waals surface area contributed by atoms with E-state index < -0.39 is 10.0 Å². The highest BCUT2D eigenvalue weighted by Gasteiger charge is 2.16. The maximum absolute atomic E-state index is 12.9. The Balaban J connectivity index is 1.30. The number of benzene rings is 2. The summed E-state index contributed by atoms with van der Waals surface area (Å²) in [5.41, 5.74) is 2.34. The third kappa shape index (κ3) is 9.57. The van der Waals surface area contributed by atoms with Gasteiger partial charge in [0.1, 0.15) is 0 Å². The van der Waals surface area contributed by atoms with Gasteiger partial charge in [-0.05, 0) is 42.7 Å². The van der Waals surface area contributed by atoms with Crippen LogP contribution in [0.4, 0.5) is 5.69 Å². The summed E-state index contributed by atoms with van der Waals surface area (Å²) < 4.78 is 28.5. The van der Waals surface area contributed by atoms with Gasteiger partial charge >= 0.3 is 0 Å². The van der Waals surface area contributed by atoms with E-state index in [-0.39, 0.29) is 4.90 Å². The molecule has 3 rings (SSSR count). The molecule has 0 radical (unpaired) electrons. The molecule has 0 aliphatic heterocycles. The van der Waals surface area contributed by atoms with Crippen LogP contribution < -0.4 is 4.72 Å². The van der Waals surface area contributed by atoms with E-state index in [4.69, 9.17) is 0 Å². The first kappa shape index (κ1) is 28.2. The maximum Gasteiger partial charge on any atom is 0.261 e. The number of aromatic nitrogens is 1. The molecule has 0 aliphatic rings. The Hall–Kier alpha value is -2.40. The summed E-state index contributed by atoms with van der Waals surface area (Å²) in [6.45, 7) is 2.28. The molecule has 0 spiro atoms. The van der Waals surface area contributed by atoms with Crippen LogP contribution in [0.2, 0.25) is 0 Å². The van der Waals surface area contributed by atoms with Gasteiger partial charge in [-0.2, -0.15) is 0 Å². The van der Waals surface area contributed by atoms with Crippen LogP contribution in [-0.2, 0) is 16.4 Å². The largest absolute Gasteiger partial charge is 0.277 e. The number of anilines is 1. The van der Waals surface area contributed by atoms with E-state index >= 15 is 0 Å². The van der Waals surface area contributed by atoms with Crippen molar-refractivity contribution in [3.63, 3.8) is 0 Å². The topological polar surface area (TPSA) is 59.1 Å². The molecule has 36 heavy (non-hydrogen) atoms. The summed E-state index contributed by atoms with van der Waals surface area (Å²) in [5.74, 6) is 0. The van der Waals surface area contributed by atoms with Crippen molar-refractivity contribution in [1.29, 1.82) is 0 Å². The van der Waals surface area contributed by atoms with E-state index in [1.807, 2.05) is 36.4 Å². The molecule has 5 heteroatoms. The molecule has 1 N–H and O–H groups in total. The van der Waals surface area contributed by atoms with Crippen LogP contribution in [0.25, 0.3) is 10.9 Å². The first-order chi connectivity index (χ1) is 17.6. The standard InChI is InChI=1S/C31H44N2O2S/c1-2-3-4-5-6-7-8-9-10-11-12-13-14-15-18-27-22-24-29(25-23-27)36(34,35)33-30-21-16-19-28-20-17-26-32-31(28)30/h16-17,19-26,33H,2-15,18H2,1H3. The third-order valence-corrected chi connectivity index (χ3v) is 8.31. The van der Waals surface area contributed by atoms with Gasteiger partial charge in [0.25, 0.3) is 10.0 Å². The summed E-state index contributed by atoms with van der Waals surface area (Å²) in [4.78, 5) is 4.61. The Bertz CT molecular complexity index is 1120. The van der Waals surface area contributed by atoms with Crippen LogP contribution >= 0.6 is 0 Å². The van der Waals surface area contributed by atoms with Crippen molar-refractivity contribution in [2.45, 2.75) is 108 Å². The lowest BCUT2D eigenvalue weighted by atomic mass is 10.0. The zero-order chi connectivity index (χ0) is 25.5. The molecule has 0 saturated carbocycles. The summed E-state index contributed by atoms with van der Waals surface area (Å²) in [5, 5.41) is 0.904. The average Bonchev–Trinajstić information content (AvgIpc) is 2.89. The van der Waals surface area contributed by atoms with Crippen LogP contribution in [0, 0.1) is 0 Å². The highest BCUT2D eigenvalue weighted by Crippen LogP contribution is 2.24. The highest BCUT2D eigenvalue weighted by molar-refractivity contribution is 7.92. The molecular weight excluding hydrogens is 464 g/mol. The molecule has 1 aromatic heterocycles. The molecule has 196 valence electrons. The third-order valence-electron chi connectivity index (χ3n) is 6.93. The quantitative estimate of drug-likeness (QED) is 0.174. The second-order valence-electron chi connectivity index (χ2n) is 9.98. The predicted molar refractivity (Wildman–Crippen MR) is 153 cm³/mol. The molecule has 2 aromatic carbocycles. The van der Waals surface area contributed by atoms with Crippen molar-refractivity contribution in [2.24, 2.45) is 0 Å².